The monoisotopic (exact) mass is 680 g/mol. The van der Waals surface area contributed by atoms with E-state index in [0.29, 0.717) is 0 Å². The lowest BCUT2D eigenvalue weighted by Gasteiger charge is -2.27. The van der Waals surface area contributed by atoms with Crippen LogP contribution in [0.1, 0.15) is 50.7 Å². The maximum Gasteiger partial charge on any atom is 0.169 e. The van der Waals surface area contributed by atoms with Gasteiger partial charge in [-0.2, -0.15) is 5.10 Å². The molecule has 1 aliphatic rings. The highest BCUT2D eigenvalue weighted by atomic mass is 16.5. The van der Waals surface area contributed by atoms with E-state index in [1.165, 1.54) is 29.8 Å². The molecule has 0 amide bonds. The smallest absolute Gasteiger partial charge is 0.169 e. The summed E-state index contributed by atoms with van der Waals surface area (Å²) in [6.07, 6.45) is 13.0. The van der Waals surface area contributed by atoms with Crippen molar-refractivity contribution < 1.29 is 9.30 Å². The number of hydrazine groups is 1. The van der Waals surface area contributed by atoms with Crippen molar-refractivity contribution in [1.29, 1.82) is 0 Å². The van der Waals surface area contributed by atoms with Gasteiger partial charge in [0.2, 0.25) is 0 Å². The first-order valence-corrected chi connectivity index (χ1v) is 17.8. The summed E-state index contributed by atoms with van der Waals surface area (Å²) in [4.78, 5) is 2.50. The van der Waals surface area contributed by atoms with Crippen LogP contribution in [0.5, 0.6) is 5.75 Å². The number of aromatic nitrogens is 1. The molecule has 5 aromatic rings. The van der Waals surface area contributed by atoms with Crippen molar-refractivity contribution in [2.45, 2.75) is 51.5 Å². The van der Waals surface area contributed by atoms with E-state index in [1.807, 2.05) is 60.7 Å². The van der Waals surface area contributed by atoms with Crippen molar-refractivity contribution in [2.24, 2.45) is 5.10 Å². The van der Waals surface area contributed by atoms with Gasteiger partial charge in [-0.1, -0.05) is 56.7 Å². The number of allylic oxidation sites excluding steroid dienone is 1. The van der Waals surface area contributed by atoms with Crippen LogP contribution in [-0.2, 0) is 12.0 Å². The summed E-state index contributed by atoms with van der Waals surface area (Å²) in [5.41, 5.74) is 15.8. The van der Waals surface area contributed by atoms with E-state index in [4.69, 9.17) is 4.74 Å². The van der Waals surface area contributed by atoms with Gasteiger partial charge in [0, 0.05) is 72.1 Å². The second-order valence-electron chi connectivity index (χ2n) is 13.4. The third kappa shape index (κ3) is 9.08. The number of nitrogens with zero attached hydrogens (tertiary/aromatic N) is 4. The van der Waals surface area contributed by atoms with Gasteiger partial charge in [0.1, 0.15) is 12.3 Å². The third-order valence-corrected chi connectivity index (χ3v) is 9.46. The summed E-state index contributed by atoms with van der Waals surface area (Å²) in [6.45, 7) is 6.63. The fraction of sp³-hybridized carbons (Fsp3) is 0.256. The van der Waals surface area contributed by atoms with Crippen LogP contribution in [-0.4, -0.2) is 26.9 Å². The van der Waals surface area contributed by atoms with Crippen LogP contribution in [0.15, 0.2) is 145 Å². The topological polar surface area (TPSA) is 68.0 Å². The van der Waals surface area contributed by atoms with Crippen molar-refractivity contribution in [1.82, 2.24) is 5.43 Å². The summed E-state index contributed by atoms with van der Waals surface area (Å²) in [6, 6.07) is 39.4. The molecule has 6 rings (SSSR count). The van der Waals surface area contributed by atoms with Gasteiger partial charge in [0.25, 0.3) is 0 Å². The summed E-state index contributed by atoms with van der Waals surface area (Å²) in [5, 5.41) is 9.90. The molecule has 1 aromatic heterocycles. The summed E-state index contributed by atoms with van der Waals surface area (Å²) >= 11 is 0. The second kappa shape index (κ2) is 16.8. The first kappa shape index (κ1) is 35.1. The number of benzene rings is 4. The molecule has 0 unspecified atom stereocenters. The normalized spacial score (nSPS) is 14.0. The fourth-order valence-corrected chi connectivity index (χ4v) is 6.49. The molecule has 1 aliphatic heterocycles. The molecule has 0 radical (unpaired) electrons. The van der Waals surface area contributed by atoms with Gasteiger partial charge in [-0.25, -0.2) is 4.57 Å². The van der Waals surface area contributed by atoms with Crippen LogP contribution in [0.3, 0.4) is 0 Å². The van der Waals surface area contributed by atoms with Crippen molar-refractivity contribution in [3.63, 3.8) is 0 Å². The second-order valence-corrected chi connectivity index (χ2v) is 13.4. The number of rotatable bonds is 16. The van der Waals surface area contributed by atoms with Crippen LogP contribution in [0.4, 0.5) is 28.4 Å². The molecule has 8 heteroatoms. The average molecular weight is 681 g/mol. The fourth-order valence-electron chi connectivity index (χ4n) is 6.49. The Morgan fingerprint density at radius 2 is 1.41 bits per heavy atom. The molecule has 262 valence electrons. The van der Waals surface area contributed by atoms with Crippen molar-refractivity contribution in [3.8, 4) is 5.75 Å². The number of para-hydroxylation sites is 2. The Hall–Kier alpha value is -5.76. The minimum atomic E-state index is -0.109. The molecule has 2 heterocycles. The minimum Gasteiger partial charge on any atom is -0.497 e. The van der Waals surface area contributed by atoms with Gasteiger partial charge in [0.15, 0.2) is 12.4 Å². The van der Waals surface area contributed by atoms with E-state index in [1.54, 1.807) is 7.11 Å². The Morgan fingerprint density at radius 1 is 0.765 bits per heavy atom. The van der Waals surface area contributed by atoms with Gasteiger partial charge >= 0.3 is 0 Å². The standard InChI is InChI=1S/C43H49N7O/c1-43(2)40-16-10-11-17-41(40)50(42(43)33-44-47-37-20-18-35(19-21-37)46-36-22-24-39(51-4)25-23-36)29-13-6-5-12-28-49-30-26-34(27-31-49)32-45-48(3)38-14-8-7-9-15-38/h7-11,14-27,30-33,45H,5-6,12-13,28-29H2,1-4H3,(H,44,46)/p+1/b42-33+. The molecular weight excluding hydrogens is 631 g/mol. The summed E-state index contributed by atoms with van der Waals surface area (Å²) in [5.74, 6) is 0.843. The van der Waals surface area contributed by atoms with Gasteiger partial charge < -0.3 is 25.8 Å². The van der Waals surface area contributed by atoms with E-state index in [0.717, 1.165) is 60.0 Å². The Balaban J connectivity index is 0.974. The van der Waals surface area contributed by atoms with Gasteiger partial charge in [-0.05, 0) is 85.1 Å². The van der Waals surface area contributed by atoms with E-state index < -0.39 is 0 Å². The number of ether oxygens (including phenoxy) is 1. The molecule has 51 heavy (non-hydrogen) atoms. The van der Waals surface area contributed by atoms with Gasteiger partial charge in [-0.15, -0.1) is 0 Å². The molecule has 0 bridgehead atoms. The number of aryl methyl sites for hydroxylation is 1. The highest BCUT2D eigenvalue weighted by Gasteiger charge is 2.39. The lowest BCUT2D eigenvalue weighted by atomic mass is 9.84. The first-order valence-electron chi connectivity index (χ1n) is 17.8. The summed E-state index contributed by atoms with van der Waals surface area (Å²) < 4.78 is 7.53. The number of pyridine rings is 1. The number of unbranched alkanes of at least 4 members (excludes halogenated alkanes) is 3. The van der Waals surface area contributed by atoms with Gasteiger partial charge in [0.05, 0.1) is 24.7 Å². The maximum absolute atomic E-state index is 5.26. The van der Waals surface area contributed by atoms with Crippen LogP contribution in [0.2, 0.25) is 0 Å². The van der Waals surface area contributed by atoms with Gasteiger partial charge in [-0.3, -0.25) is 5.01 Å². The molecular formula is C43H50N7O+. The zero-order chi connectivity index (χ0) is 35.5. The molecule has 0 fully saturated rings. The number of nitrogens with one attached hydrogen (secondary N) is 3. The van der Waals surface area contributed by atoms with E-state index in [2.05, 4.69) is 136 Å². The van der Waals surface area contributed by atoms with Crippen LogP contribution < -0.4 is 35.4 Å². The van der Waals surface area contributed by atoms with E-state index in [-0.39, 0.29) is 5.41 Å². The predicted molar refractivity (Wildman–Crippen MR) is 212 cm³/mol. The molecule has 8 nitrogen and oxygen atoms in total. The Bertz CT molecular complexity index is 1890. The average Bonchev–Trinajstić information content (AvgIpc) is 3.38. The molecule has 0 saturated carbocycles. The van der Waals surface area contributed by atoms with Crippen molar-refractivity contribution in [3.05, 3.63) is 151 Å². The first-order chi connectivity index (χ1) is 24.9. The Morgan fingerprint density at radius 3 is 2.14 bits per heavy atom. The number of methoxy groups -OCH3 is 1. The van der Waals surface area contributed by atoms with E-state index >= 15 is 0 Å². The van der Waals surface area contributed by atoms with Crippen LogP contribution in [0, 0.1) is 0 Å². The zero-order valence-electron chi connectivity index (χ0n) is 30.2. The predicted octanol–water partition coefficient (Wildman–Crippen LogP) is 9.01. The van der Waals surface area contributed by atoms with Crippen molar-refractivity contribution in [2.75, 3.05) is 41.4 Å². The Labute approximate surface area is 303 Å². The number of hydrogen-bond donors (Lipinski definition) is 3. The highest BCUT2D eigenvalue weighted by Crippen LogP contribution is 2.47. The van der Waals surface area contributed by atoms with Crippen molar-refractivity contribution >= 4 is 34.7 Å². The Kier molecular flexibility index (Phi) is 11.5. The molecule has 4 aromatic carbocycles. The zero-order valence-corrected chi connectivity index (χ0v) is 30.2. The number of hydrogen-bond acceptors (Lipinski definition) is 7. The summed E-state index contributed by atoms with van der Waals surface area (Å²) in [7, 11) is 3.64. The number of fused-ring (bicyclic) bond motifs is 1. The quantitative estimate of drug-likeness (QED) is 0.0419. The third-order valence-electron chi connectivity index (χ3n) is 9.46. The molecule has 0 aliphatic carbocycles. The highest BCUT2D eigenvalue weighted by molar-refractivity contribution is 5.79. The minimum absolute atomic E-state index is 0.109. The van der Waals surface area contributed by atoms with Crippen LogP contribution >= 0.6 is 0 Å². The maximum atomic E-state index is 5.26. The number of hydrazone groups is 1. The molecule has 0 saturated heterocycles. The lowest BCUT2D eigenvalue weighted by molar-refractivity contribution is -0.697. The molecule has 0 spiro atoms. The lowest BCUT2D eigenvalue weighted by Crippen LogP contribution is -2.32. The SMILES string of the molecule is COc1ccc(Nc2ccc(NN/C=C3/N(CCCCCC[n+]4ccc(/C=N/N(C)c5ccccc5)cc4)c4ccccc4C3(C)C)cc2)cc1. The molecule has 3 N–H and O–H groups in total. The van der Waals surface area contributed by atoms with E-state index in [9.17, 15) is 0 Å². The number of anilines is 5. The largest absolute Gasteiger partial charge is 0.497 e. The van der Waals surface area contributed by atoms with Crippen LogP contribution in [0.25, 0.3) is 0 Å². The molecule has 0 atom stereocenters.